The van der Waals surface area contributed by atoms with E-state index in [-0.39, 0.29) is 6.10 Å². The minimum atomic E-state index is -0.308. The van der Waals surface area contributed by atoms with Crippen molar-refractivity contribution in [2.75, 3.05) is 5.75 Å². The van der Waals surface area contributed by atoms with Gasteiger partial charge >= 0.3 is 0 Å². The first kappa shape index (κ1) is 7.63. The van der Waals surface area contributed by atoms with Crippen molar-refractivity contribution in [3.8, 4) is 0 Å². The summed E-state index contributed by atoms with van der Waals surface area (Å²) >= 11 is 1.41. The van der Waals surface area contributed by atoms with Gasteiger partial charge in [0.05, 0.1) is 12.3 Å². The molecule has 1 atom stereocenters. The minimum Gasteiger partial charge on any atom is -0.440 e. The SMILES string of the molecule is CC(O)CSc1ncco1. The molecule has 10 heavy (non-hydrogen) atoms. The summed E-state index contributed by atoms with van der Waals surface area (Å²) in [6.07, 6.45) is 2.80. The highest BCUT2D eigenvalue weighted by molar-refractivity contribution is 7.99. The largest absolute Gasteiger partial charge is 0.440 e. The summed E-state index contributed by atoms with van der Waals surface area (Å²) in [4.78, 5) is 3.87. The van der Waals surface area contributed by atoms with Crippen LogP contribution in [0.4, 0.5) is 0 Å². The van der Waals surface area contributed by atoms with Gasteiger partial charge < -0.3 is 9.52 Å². The zero-order valence-corrected chi connectivity index (χ0v) is 6.47. The molecular formula is C6H9NO2S. The summed E-state index contributed by atoms with van der Waals surface area (Å²) in [5, 5.41) is 9.47. The van der Waals surface area contributed by atoms with Crippen molar-refractivity contribution in [3.05, 3.63) is 12.5 Å². The maximum Gasteiger partial charge on any atom is 0.255 e. The summed E-state index contributed by atoms with van der Waals surface area (Å²) in [5.41, 5.74) is 0. The van der Waals surface area contributed by atoms with Crippen molar-refractivity contribution in [1.82, 2.24) is 4.98 Å². The number of oxazole rings is 1. The smallest absolute Gasteiger partial charge is 0.255 e. The highest BCUT2D eigenvalue weighted by Crippen LogP contribution is 2.15. The molecule has 0 amide bonds. The Morgan fingerprint density at radius 3 is 3.20 bits per heavy atom. The number of hydrogen-bond donors (Lipinski definition) is 1. The molecule has 1 N–H and O–H groups in total. The van der Waals surface area contributed by atoms with Crippen LogP contribution in [0.2, 0.25) is 0 Å². The van der Waals surface area contributed by atoms with Crippen LogP contribution in [-0.2, 0) is 0 Å². The van der Waals surface area contributed by atoms with Crippen molar-refractivity contribution in [2.45, 2.75) is 18.3 Å². The van der Waals surface area contributed by atoms with E-state index in [9.17, 15) is 0 Å². The van der Waals surface area contributed by atoms with Crippen LogP contribution in [-0.4, -0.2) is 21.9 Å². The van der Waals surface area contributed by atoms with E-state index in [1.807, 2.05) is 0 Å². The fraction of sp³-hybridized carbons (Fsp3) is 0.500. The highest BCUT2D eigenvalue weighted by atomic mass is 32.2. The first-order chi connectivity index (χ1) is 4.79. The average molecular weight is 159 g/mol. The summed E-state index contributed by atoms with van der Waals surface area (Å²) in [5.74, 6) is 0.626. The van der Waals surface area contributed by atoms with Crippen molar-refractivity contribution in [3.63, 3.8) is 0 Å². The van der Waals surface area contributed by atoms with Crippen LogP contribution in [0.5, 0.6) is 0 Å². The second-order valence-electron chi connectivity index (χ2n) is 1.96. The van der Waals surface area contributed by atoms with Crippen LogP contribution in [0.1, 0.15) is 6.92 Å². The Labute approximate surface area is 63.5 Å². The standard InChI is InChI=1S/C6H9NO2S/c1-5(8)4-10-6-7-2-3-9-6/h2-3,5,8H,4H2,1H3. The van der Waals surface area contributed by atoms with Crippen LogP contribution in [0.25, 0.3) is 0 Å². The van der Waals surface area contributed by atoms with E-state index < -0.39 is 0 Å². The van der Waals surface area contributed by atoms with E-state index in [1.54, 1.807) is 13.1 Å². The van der Waals surface area contributed by atoms with Gasteiger partial charge in [0.1, 0.15) is 6.26 Å². The molecule has 1 unspecified atom stereocenters. The van der Waals surface area contributed by atoms with E-state index in [2.05, 4.69) is 4.98 Å². The molecule has 0 spiro atoms. The molecule has 0 aliphatic heterocycles. The molecule has 1 aromatic rings. The van der Waals surface area contributed by atoms with E-state index in [0.717, 1.165) is 0 Å². The fourth-order valence-electron chi connectivity index (χ4n) is 0.474. The topological polar surface area (TPSA) is 46.3 Å². The van der Waals surface area contributed by atoms with E-state index in [4.69, 9.17) is 9.52 Å². The van der Waals surface area contributed by atoms with Gasteiger partial charge in [0.2, 0.25) is 0 Å². The lowest BCUT2D eigenvalue weighted by Crippen LogP contribution is -2.02. The summed E-state index contributed by atoms with van der Waals surface area (Å²) in [6, 6.07) is 0. The molecule has 4 heteroatoms. The zero-order valence-electron chi connectivity index (χ0n) is 5.65. The maximum atomic E-state index is 8.86. The molecule has 1 rings (SSSR count). The van der Waals surface area contributed by atoms with Crippen LogP contribution in [0, 0.1) is 0 Å². The van der Waals surface area contributed by atoms with Crippen molar-refractivity contribution >= 4 is 11.8 Å². The molecule has 0 bridgehead atoms. The van der Waals surface area contributed by atoms with Crippen LogP contribution < -0.4 is 0 Å². The van der Waals surface area contributed by atoms with Gasteiger partial charge in [-0.3, -0.25) is 0 Å². The molecule has 1 aromatic heterocycles. The van der Waals surface area contributed by atoms with Gasteiger partial charge in [0, 0.05) is 5.75 Å². The van der Waals surface area contributed by atoms with Crippen LogP contribution in [0.3, 0.4) is 0 Å². The van der Waals surface area contributed by atoms with E-state index in [0.29, 0.717) is 11.0 Å². The number of hydrogen-bond acceptors (Lipinski definition) is 4. The van der Waals surface area contributed by atoms with Crippen molar-refractivity contribution < 1.29 is 9.52 Å². The van der Waals surface area contributed by atoms with Crippen molar-refractivity contribution in [1.29, 1.82) is 0 Å². The lowest BCUT2D eigenvalue weighted by atomic mass is 10.5. The second-order valence-corrected chi connectivity index (χ2v) is 2.93. The Hall–Kier alpha value is -0.480. The van der Waals surface area contributed by atoms with Crippen LogP contribution >= 0.6 is 11.8 Å². The third-order valence-corrected chi connectivity index (χ3v) is 1.96. The van der Waals surface area contributed by atoms with Gasteiger partial charge in [0.15, 0.2) is 0 Å². The first-order valence-corrected chi connectivity index (χ1v) is 3.98. The van der Waals surface area contributed by atoms with Gasteiger partial charge in [-0.2, -0.15) is 0 Å². The Balaban J connectivity index is 2.28. The number of rotatable bonds is 3. The molecule has 0 aliphatic rings. The monoisotopic (exact) mass is 159 g/mol. The Bertz CT molecular complexity index is 174. The lowest BCUT2D eigenvalue weighted by Gasteiger charge is -1.98. The highest BCUT2D eigenvalue weighted by Gasteiger charge is 2.00. The third kappa shape index (κ3) is 2.41. The first-order valence-electron chi connectivity index (χ1n) is 2.99. The van der Waals surface area contributed by atoms with Gasteiger partial charge in [-0.05, 0) is 6.92 Å². The van der Waals surface area contributed by atoms with Gasteiger partial charge in [-0.25, -0.2) is 4.98 Å². The van der Waals surface area contributed by atoms with Crippen LogP contribution in [0.15, 0.2) is 22.1 Å². The van der Waals surface area contributed by atoms with E-state index in [1.165, 1.54) is 18.0 Å². The van der Waals surface area contributed by atoms with Gasteiger partial charge in [0.25, 0.3) is 5.22 Å². The predicted octanol–water partition coefficient (Wildman–Crippen LogP) is 1.15. The molecule has 1 heterocycles. The predicted molar refractivity (Wildman–Crippen MR) is 38.9 cm³/mol. The lowest BCUT2D eigenvalue weighted by molar-refractivity contribution is 0.220. The normalized spacial score (nSPS) is 13.4. The third-order valence-electron chi connectivity index (χ3n) is 0.858. The number of thioether (sulfide) groups is 1. The van der Waals surface area contributed by atoms with Gasteiger partial charge in [-0.15, -0.1) is 0 Å². The number of nitrogens with zero attached hydrogens (tertiary/aromatic N) is 1. The Morgan fingerprint density at radius 1 is 1.90 bits per heavy atom. The summed E-state index contributed by atoms with van der Waals surface area (Å²) in [6.45, 7) is 1.73. The molecule has 0 aromatic carbocycles. The average Bonchev–Trinajstić information content (AvgIpc) is 2.34. The molecule has 56 valence electrons. The molecule has 0 radical (unpaired) electrons. The molecule has 0 aliphatic carbocycles. The number of aliphatic hydroxyl groups excluding tert-OH is 1. The number of aromatic nitrogens is 1. The Morgan fingerprint density at radius 2 is 2.70 bits per heavy atom. The van der Waals surface area contributed by atoms with Gasteiger partial charge in [-0.1, -0.05) is 11.8 Å². The summed E-state index contributed by atoms with van der Waals surface area (Å²) in [7, 11) is 0. The Kier molecular flexibility index (Phi) is 2.77. The number of aliphatic hydroxyl groups is 1. The molecule has 0 saturated carbocycles. The second kappa shape index (κ2) is 3.63. The minimum absolute atomic E-state index is 0.308. The van der Waals surface area contributed by atoms with Crippen molar-refractivity contribution in [2.24, 2.45) is 0 Å². The molecule has 0 saturated heterocycles. The summed E-state index contributed by atoms with van der Waals surface area (Å²) < 4.78 is 4.92. The van der Waals surface area contributed by atoms with E-state index >= 15 is 0 Å². The zero-order chi connectivity index (χ0) is 7.40. The molecular weight excluding hydrogens is 150 g/mol. The quantitative estimate of drug-likeness (QED) is 0.672. The molecule has 3 nitrogen and oxygen atoms in total. The molecule has 0 fully saturated rings. The fourth-order valence-corrected chi connectivity index (χ4v) is 1.12. The maximum absolute atomic E-state index is 8.86.